The van der Waals surface area contributed by atoms with E-state index in [1.807, 2.05) is 10.6 Å². The van der Waals surface area contributed by atoms with Crippen LogP contribution < -0.4 is 0 Å². The van der Waals surface area contributed by atoms with Gasteiger partial charge in [0.25, 0.3) is 5.69 Å². The smallest absolute Gasteiger partial charge is 0.295 e. The van der Waals surface area contributed by atoms with Crippen LogP contribution in [0, 0.1) is 10.1 Å². The Labute approximate surface area is 108 Å². The van der Waals surface area contributed by atoms with Gasteiger partial charge in [-0.1, -0.05) is 13.0 Å². The fourth-order valence-corrected chi connectivity index (χ4v) is 3.12. The third-order valence-electron chi connectivity index (χ3n) is 3.04. The number of likely N-dealkylation sites (N-methyl/N-ethyl adjacent to an activating group) is 1. The van der Waals surface area contributed by atoms with E-state index < -0.39 is 0 Å². The largest absolute Gasteiger partial charge is 0.311 e. The van der Waals surface area contributed by atoms with E-state index in [1.165, 1.54) is 6.07 Å². The molecule has 2 aromatic rings. The van der Waals surface area contributed by atoms with E-state index in [-0.39, 0.29) is 10.6 Å². The number of nitro groups is 1. The van der Waals surface area contributed by atoms with Gasteiger partial charge in [-0.05, 0) is 18.0 Å². The van der Waals surface area contributed by atoms with Gasteiger partial charge in [0.15, 0.2) is 5.16 Å². The second kappa shape index (κ2) is 4.25. The molecule has 1 aliphatic rings. The number of nitrogens with zero attached hydrogens (tertiary/aromatic N) is 4. The highest BCUT2D eigenvalue weighted by molar-refractivity contribution is 7.96. The van der Waals surface area contributed by atoms with E-state index in [0.29, 0.717) is 11.0 Å². The topological polar surface area (TPSA) is 64.2 Å². The summed E-state index contributed by atoms with van der Waals surface area (Å²) < 4.78 is 4.15. The Morgan fingerprint density at radius 2 is 2.33 bits per heavy atom. The van der Waals surface area contributed by atoms with E-state index in [9.17, 15) is 10.1 Å². The van der Waals surface area contributed by atoms with Crippen molar-refractivity contribution >= 4 is 28.7 Å². The minimum atomic E-state index is -0.339. The molecule has 0 saturated carbocycles. The molecule has 94 valence electrons. The van der Waals surface area contributed by atoms with E-state index in [2.05, 4.69) is 16.2 Å². The van der Waals surface area contributed by atoms with Crippen molar-refractivity contribution in [1.82, 2.24) is 13.9 Å². The van der Waals surface area contributed by atoms with Crippen LogP contribution in [0.4, 0.5) is 5.69 Å². The Hall–Kier alpha value is -1.60. The predicted octanol–water partition coefficient (Wildman–Crippen LogP) is 2.29. The number of nitro benzene ring substituents is 1. The molecule has 18 heavy (non-hydrogen) atoms. The maximum absolute atomic E-state index is 11.1. The number of para-hydroxylation sites is 1. The van der Waals surface area contributed by atoms with Crippen molar-refractivity contribution < 1.29 is 4.92 Å². The summed E-state index contributed by atoms with van der Waals surface area (Å²) in [5.41, 5.74) is 1.47. The molecule has 1 aliphatic heterocycles. The Morgan fingerprint density at radius 3 is 3.06 bits per heavy atom. The molecular weight excluding hydrogens is 252 g/mol. The van der Waals surface area contributed by atoms with Gasteiger partial charge < -0.3 is 4.57 Å². The Bertz CT molecular complexity index is 625. The maximum Gasteiger partial charge on any atom is 0.295 e. The Morgan fingerprint density at radius 1 is 1.50 bits per heavy atom. The molecule has 0 aliphatic carbocycles. The first-order chi connectivity index (χ1) is 8.70. The van der Waals surface area contributed by atoms with Crippen molar-refractivity contribution in [2.24, 2.45) is 0 Å². The standard InChI is InChI=1S/C11H12N4O2S/c1-2-13-6-7-14-10-8(12-11(14)18-13)4-3-5-9(10)15(16)17/h3-5H,2,6-7H2,1H3. The molecule has 0 fully saturated rings. The highest BCUT2D eigenvalue weighted by atomic mass is 32.2. The second-order valence-electron chi connectivity index (χ2n) is 4.06. The van der Waals surface area contributed by atoms with Crippen LogP contribution in [-0.2, 0) is 6.54 Å². The van der Waals surface area contributed by atoms with Crippen LogP contribution in [-0.4, -0.2) is 31.9 Å². The number of rotatable bonds is 2. The molecule has 6 nitrogen and oxygen atoms in total. The number of imidazole rings is 1. The van der Waals surface area contributed by atoms with Crippen molar-refractivity contribution in [3.05, 3.63) is 28.3 Å². The molecule has 7 heteroatoms. The van der Waals surface area contributed by atoms with Gasteiger partial charge in [0.1, 0.15) is 5.52 Å². The zero-order valence-electron chi connectivity index (χ0n) is 9.87. The lowest BCUT2D eigenvalue weighted by molar-refractivity contribution is -0.383. The summed E-state index contributed by atoms with van der Waals surface area (Å²) in [6.07, 6.45) is 0. The molecule has 3 rings (SSSR count). The minimum absolute atomic E-state index is 0.136. The first-order valence-electron chi connectivity index (χ1n) is 5.77. The molecule has 0 spiro atoms. The molecule has 0 saturated heterocycles. The van der Waals surface area contributed by atoms with Gasteiger partial charge in [-0.3, -0.25) is 10.1 Å². The van der Waals surface area contributed by atoms with Gasteiger partial charge in [0, 0.05) is 25.7 Å². The molecule has 0 bridgehead atoms. The van der Waals surface area contributed by atoms with Crippen LogP contribution in [0.25, 0.3) is 11.0 Å². The van der Waals surface area contributed by atoms with Crippen LogP contribution in [0.3, 0.4) is 0 Å². The minimum Gasteiger partial charge on any atom is -0.311 e. The molecule has 0 amide bonds. The summed E-state index contributed by atoms with van der Waals surface area (Å²) in [6.45, 7) is 4.66. The summed E-state index contributed by atoms with van der Waals surface area (Å²) in [5.74, 6) is 0. The van der Waals surface area contributed by atoms with Gasteiger partial charge in [-0.2, -0.15) is 0 Å². The van der Waals surface area contributed by atoms with Crippen molar-refractivity contribution in [2.75, 3.05) is 13.1 Å². The van der Waals surface area contributed by atoms with Gasteiger partial charge >= 0.3 is 0 Å². The molecule has 0 radical (unpaired) electrons. The first-order valence-corrected chi connectivity index (χ1v) is 6.54. The lowest BCUT2D eigenvalue weighted by Gasteiger charge is -2.24. The maximum atomic E-state index is 11.1. The van der Waals surface area contributed by atoms with Crippen molar-refractivity contribution in [2.45, 2.75) is 18.6 Å². The lowest BCUT2D eigenvalue weighted by Crippen LogP contribution is -2.26. The number of hydrogen-bond donors (Lipinski definition) is 0. The van der Waals surface area contributed by atoms with Crippen LogP contribution in [0.2, 0.25) is 0 Å². The molecule has 1 aromatic carbocycles. The lowest BCUT2D eigenvalue weighted by atomic mass is 10.2. The third-order valence-corrected chi connectivity index (χ3v) is 4.22. The van der Waals surface area contributed by atoms with E-state index >= 15 is 0 Å². The summed E-state index contributed by atoms with van der Waals surface area (Å²) in [4.78, 5) is 15.2. The number of hydrogen-bond acceptors (Lipinski definition) is 5. The summed E-state index contributed by atoms with van der Waals surface area (Å²) in [7, 11) is 0. The monoisotopic (exact) mass is 264 g/mol. The number of benzene rings is 1. The fourth-order valence-electron chi connectivity index (χ4n) is 2.17. The Balaban J connectivity index is 2.20. The zero-order chi connectivity index (χ0) is 12.7. The van der Waals surface area contributed by atoms with Crippen molar-refractivity contribution in [3.8, 4) is 0 Å². The van der Waals surface area contributed by atoms with Gasteiger partial charge in [-0.25, -0.2) is 9.29 Å². The van der Waals surface area contributed by atoms with Gasteiger partial charge in [0.05, 0.1) is 10.4 Å². The fraction of sp³-hybridized carbons (Fsp3) is 0.364. The van der Waals surface area contributed by atoms with Gasteiger partial charge in [0.2, 0.25) is 0 Å². The molecule has 0 unspecified atom stereocenters. The molecule has 1 aromatic heterocycles. The highest BCUT2D eigenvalue weighted by Gasteiger charge is 2.24. The average Bonchev–Trinajstić information content (AvgIpc) is 2.75. The number of aromatic nitrogens is 2. The summed E-state index contributed by atoms with van der Waals surface area (Å²) in [6, 6.07) is 5.04. The number of fused-ring (bicyclic) bond motifs is 3. The first kappa shape index (κ1) is 11.5. The molecule has 2 heterocycles. The average molecular weight is 264 g/mol. The van der Waals surface area contributed by atoms with Crippen LogP contribution in [0.1, 0.15) is 6.92 Å². The van der Waals surface area contributed by atoms with E-state index in [0.717, 1.165) is 24.8 Å². The normalized spacial score (nSPS) is 15.8. The van der Waals surface area contributed by atoms with Gasteiger partial charge in [-0.15, -0.1) is 0 Å². The van der Waals surface area contributed by atoms with Crippen molar-refractivity contribution in [1.29, 1.82) is 0 Å². The van der Waals surface area contributed by atoms with Crippen LogP contribution >= 0.6 is 11.9 Å². The molecule has 0 N–H and O–H groups in total. The SMILES string of the molecule is CCN1CCn2c(nc3cccc([N+](=O)[O-])c32)S1. The Kier molecular flexibility index (Phi) is 2.71. The zero-order valence-corrected chi connectivity index (χ0v) is 10.7. The van der Waals surface area contributed by atoms with E-state index in [1.54, 1.807) is 18.0 Å². The van der Waals surface area contributed by atoms with Crippen LogP contribution in [0.5, 0.6) is 0 Å². The highest BCUT2D eigenvalue weighted by Crippen LogP contribution is 2.34. The predicted molar refractivity (Wildman–Crippen MR) is 69.5 cm³/mol. The number of non-ortho nitro benzene ring substituents is 1. The quantitative estimate of drug-likeness (QED) is 0.473. The molecular formula is C11H12N4O2S. The molecule has 0 atom stereocenters. The summed E-state index contributed by atoms with van der Waals surface area (Å²) >= 11 is 1.57. The van der Waals surface area contributed by atoms with Crippen molar-refractivity contribution in [3.63, 3.8) is 0 Å². The van der Waals surface area contributed by atoms with Crippen LogP contribution in [0.15, 0.2) is 23.4 Å². The summed E-state index contributed by atoms with van der Waals surface area (Å²) in [5, 5.41) is 11.9. The second-order valence-corrected chi connectivity index (χ2v) is 5.13. The third kappa shape index (κ3) is 1.67. The van der Waals surface area contributed by atoms with E-state index in [4.69, 9.17) is 0 Å².